The Morgan fingerprint density at radius 2 is 1.82 bits per heavy atom. The first-order valence-electron chi connectivity index (χ1n) is 6.00. The van der Waals surface area contributed by atoms with Gasteiger partial charge in [-0.3, -0.25) is 0 Å². The second-order valence-corrected chi connectivity index (χ2v) is 4.23. The van der Waals surface area contributed by atoms with E-state index in [0.29, 0.717) is 11.1 Å². The average molecular weight is 312 g/mol. The SMILES string of the molecule is COC(=O)c1ncc(-c2ccc(OC(F)(F)F)cc2)cc1N. The number of hydrogen-bond acceptors (Lipinski definition) is 5. The van der Waals surface area contributed by atoms with Crippen LogP contribution in [0.5, 0.6) is 5.75 Å². The molecule has 2 aromatic rings. The minimum atomic E-state index is -4.74. The van der Waals surface area contributed by atoms with Crippen LogP contribution in [0.25, 0.3) is 11.1 Å². The molecule has 0 fully saturated rings. The predicted molar refractivity (Wildman–Crippen MR) is 72.1 cm³/mol. The largest absolute Gasteiger partial charge is 0.573 e. The number of pyridine rings is 1. The summed E-state index contributed by atoms with van der Waals surface area (Å²) < 4.78 is 44.5. The third-order valence-corrected chi connectivity index (χ3v) is 2.72. The van der Waals surface area contributed by atoms with Crippen LogP contribution in [0.2, 0.25) is 0 Å². The highest BCUT2D eigenvalue weighted by molar-refractivity contribution is 5.93. The molecule has 5 nitrogen and oxygen atoms in total. The first kappa shape index (κ1) is 15.6. The van der Waals surface area contributed by atoms with E-state index in [0.717, 1.165) is 0 Å². The number of anilines is 1. The normalized spacial score (nSPS) is 11.1. The van der Waals surface area contributed by atoms with Crippen molar-refractivity contribution in [2.45, 2.75) is 6.36 Å². The summed E-state index contributed by atoms with van der Waals surface area (Å²) in [4.78, 5) is 15.3. The van der Waals surface area contributed by atoms with Gasteiger partial charge in [0, 0.05) is 11.8 Å². The van der Waals surface area contributed by atoms with Crippen LogP contribution in [-0.2, 0) is 4.74 Å². The van der Waals surface area contributed by atoms with Crippen LogP contribution in [0.15, 0.2) is 36.5 Å². The Labute approximate surface area is 123 Å². The summed E-state index contributed by atoms with van der Waals surface area (Å²) in [7, 11) is 1.21. The third-order valence-electron chi connectivity index (χ3n) is 2.72. The topological polar surface area (TPSA) is 74.4 Å². The number of aromatic nitrogens is 1. The van der Waals surface area contributed by atoms with Gasteiger partial charge in [0.1, 0.15) is 5.75 Å². The van der Waals surface area contributed by atoms with Gasteiger partial charge in [-0.15, -0.1) is 13.2 Å². The minimum absolute atomic E-state index is 0.0247. The fourth-order valence-corrected chi connectivity index (χ4v) is 1.76. The van der Waals surface area contributed by atoms with Crippen LogP contribution in [0.1, 0.15) is 10.5 Å². The molecular weight excluding hydrogens is 301 g/mol. The van der Waals surface area contributed by atoms with Crippen LogP contribution in [0, 0.1) is 0 Å². The van der Waals surface area contributed by atoms with E-state index in [1.807, 2.05) is 0 Å². The molecule has 0 saturated carbocycles. The summed E-state index contributed by atoms with van der Waals surface area (Å²) >= 11 is 0. The first-order valence-corrected chi connectivity index (χ1v) is 6.00. The Morgan fingerprint density at radius 1 is 1.18 bits per heavy atom. The molecule has 0 aliphatic heterocycles. The molecule has 1 heterocycles. The van der Waals surface area contributed by atoms with Crippen molar-refractivity contribution in [3.63, 3.8) is 0 Å². The number of benzene rings is 1. The second-order valence-electron chi connectivity index (χ2n) is 4.23. The maximum absolute atomic E-state index is 12.1. The molecule has 2 N–H and O–H groups in total. The van der Waals surface area contributed by atoms with Crippen molar-refractivity contribution in [3.05, 3.63) is 42.2 Å². The van der Waals surface area contributed by atoms with Crippen molar-refractivity contribution >= 4 is 11.7 Å². The van der Waals surface area contributed by atoms with Gasteiger partial charge in [-0.25, -0.2) is 9.78 Å². The maximum atomic E-state index is 12.1. The van der Waals surface area contributed by atoms with E-state index >= 15 is 0 Å². The summed E-state index contributed by atoms with van der Waals surface area (Å²) in [6.45, 7) is 0. The minimum Gasteiger partial charge on any atom is -0.464 e. The van der Waals surface area contributed by atoms with Gasteiger partial charge in [0.2, 0.25) is 0 Å². The summed E-state index contributed by atoms with van der Waals surface area (Å²) in [6, 6.07) is 6.68. The molecule has 116 valence electrons. The summed E-state index contributed by atoms with van der Waals surface area (Å²) in [5, 5.41) is 0. The number of ether oxygens (including phenoxy) is 2. The summed E-state index contributed by atoms with van der Waals surface area (Å²) in [6.07, 6.45) is -3.36. The van der Waals surface area contributed by atoms with Gasteiger partial charge in [-0.1, -0.05) is 12.1 Å². The van der Waals surface area contributed by atoms with E-state index in [4.69, 9.17) is 5.73 Å². The zero-order valence-corrected chi connectivity index (χ0v) is 11.3. The van der Waals surface area contributed by atoms with Gasteiger partial charge in [0.15, 0.2) is 5.69 Å². The number of hydrogen-bond donors (Lipinski definition) is 1. The standard InChI is InChI=1S/C14H11F3N2O3/c1-21-13(20)12-11(18)6-9(7-19-12)8-2-4-10(5-3-8)22-14(15,16)17/h2-7H,18H2,1H3. The monoisotopic (exact) mass is 312 g/mol. The molecule has 2 rings (SSSR count). The van der Waals surface area contributed by atoms with Gasteiger partial charge < -0.3 is 15.2 Å². The lowest BCUT2D eigenvalue weighted by molar-refractivity contribution is -0.274. The molecule has 0 aliphatic rings. The zero-order valence-electron chi connectivity index (χ0n) is 11.3. The highest BCUT2D eigenvalue weighted by Gasteiger charge is 2.30. The lowest BCUT2D eigenvalue weighted by atomic mass is 10.1. The van der Waals surface area contributed by atoms with Crippen molar-refractivity contribution in [1.82, 2.24) is 4.98 Å². The molecule has 0 atom stereocenters. The molecule has 1 aromatic carbocycles. The van der Waals surface area contributed by atoms with Gasteiger partial charge in [0.05, 0.1) is 12.8 Å². The number of nitrogens with zero attached hydrogens (tertiary/aromatic N) is 1. The predicted octanol–water partition coefficient (Wildman–Crippen LogP) is 3.02. The molecule has 1 aromatic heterocycles. The van der Waals surface area contributed by atoms with E-state index in [-0.39, 0.29) is 17.1 Å². The van der Waals surface area contributed by atoms with Crippen molar-refractivity contribution in [2.75, 3.05) is 12.8 Å². The Bertz CT molecular complexity index is 685. The van der Waals surface area contributed by atoms with Crippen molar-refractivity contribution < 1.29 is 27.4 Å². The van der Waals surface area contributed by atoms with Crippen molar-refractivity contribution in [3.8, 4) is 16.9 Å². The first-order chi connectivity index (χ1) is 10.3. The number of carbonyl (C=O) groups is 1. The summed E-state index contributed by atoms with van der Waals surface area (Å²) in [5.41, 5.74) is 6.92. The lowest BCUT2D eigenvalue weighted by Gasteiger charge is -2.10. The smallest absolute Gasteiger partial charge is 0.464 e. The average Bonchev–Trinajstić information content (AvgIpc) is 2.45. The second kappa shape index (κ2) is 5.92. The quantitative estimate of drug-likeness (QED) is 0.882. The van der Waals surface area contributed by atoms with E-state index in [1.54, 1.807) is 0 Å². The molecule has 0 radical (unpaired) electrons. The fourth-order valence-electron chi connectivity index (χ4n) is 1.76. The van der Waals surface area contributed by atoms with Crippen LogP contribution in [0.4, 0.5) is 18.9 Å². The van der Waals surface area contributed by atoms with Gasteiger partial charge in [-0.2, -0.15) is 0 Å². The molecule has 0 unspecified atom stereocenters. The maximum Gasteiger partial charge on any atom is 0.573 e. The Kier molecular flexibility index (Phi) is 4.20. The van der Waals surface area contributed by atoms with E-state index < -0.39 is 12.3 Å². The Hall–Kier alpha value is -2.77. The molecule has 22 heavy (non-hydrogen) atoms. The number of halogens is 3. The molecular formula is C14H11F3N2O3. The number of nitrogens with two attached hydrogens (primary N) is 1. The molecule has 8 heteroatoms. The highest BCUT2D eigenvalue weighted by Crippen LogP contribution is 2.27. The van der Waals surface area contributed by atoms with Crippen LogP contribution < -0.4 is 10.5 Å². The van der Waals surface area contributed by atoms with Crippen molar-refractivity contribution in [2.24, 2.45) is 0 Å². The number of methoxy groups -OCH3 is 1. The van der Waals surface area contributed by atoms with Crippen LogP contribution >= 0.6 is 0 Å². The van der Waals surface area contributed by atoms with E-state index in [2.05, 4.69) is 14.5 Å². The lowest BCUT2D eigenvalue weighted by Crippen LogP contribution is -2.16. The zero-order chi connectivity index (χ0) is 16.3. The summed E-state index contributed by atoms with van der Waals surface area (Å²) in [5.74, 6) is -0.999. The number of carbonyl (C=O) groups excluding carboxylic acids is 1. The third kappa shape index (κ3) is 3.66. The molecule has 0 aliphatic carbocycles. The number of esters is 1. The Balaban J connectivity index is 2.25. The fraction of sp³-hybridized carbons (Fsp3) is 0.143. The number of alkyl halides is 3. The van der Waals surface area contributed by atoms with Gasteiger partial charge in [-0.05, 0) is 23.8 Å². The highest BCUT2D eigenvalue weighted by atomic mass is 19.4. The van der Waals surface area contributed by atoms with Crippen molar-refractivity contribution in [1.29, 1.82) is 0 Å². The number of rotatable bonds is 3. The van der Waals surface area contributed by atoms with Crippen LogP contribution in [-0.4, -0.2) is 24.4 Å². The van der Waals surface area contributed by atoms with E-state index in [9.17, 15) is 18.0 Å². The van der Waals surface area contributed by atoms with Crippen LogP contribution in [0.3, 0.4) is 0 Å². The molecule has 0 amide bonds. The molecule has 0 saturated heterocycles. The molecule has 0 spiro atoms. The number of nitrogen functional groups attached to an aromatic ring is 1. The molecule has 0 bridgehead atoms. The van der Waals surface area contributed by atoms with E-state index in [1.165, 1.54) is 43.6 Å². The Morgan fingerprint density at radius 3 is 2.32 bits per heavy atom. The van der Waals surface area contributed by atoms with Gasteiger partial charge in [0.25, 0.3) is 0 Å². The van der Waals surface area contributed by atoms with Gasteiger partial charge >= 0.3 is 12.3 Å².